The highest BCUT2D eigenvalue weighted by molar-refractivity contribution is 6.05. The van der Waals surface area contributed by atoms with Crippen molar-refractivity contribution in [2.45, 2.75) is 6.92 Å². The first-order valence-electron chi connectivity index (χ1n) is 12.1. The number of ether oxygens (including phenoxy) is 1. The lowest BCUT2D eigenvalue weighted by atomic mass is 9.97. The summed E-state index contributed by atoms with van der Waals surface area (Å²) in [6.07, 6.45) is 0. The van der Waals surface area contributed by atoms with Crippen molar-refractivity contribution < 1.29 is 14.3 Å². The molecule has 3 aromatic rings. The summed E-state index contributed by atoms with van der Waals surface area (Å²) < 4.78 is 5.58. The Balaban J connectivity index is 1.49. The molecule has 36 heavy (non-hydrogen) atoms. The van der Waals surface area contributed by atoms with Gasteiger partial charge in [0, 0.05) is 57.1 Å². The molecule has 7 nitrogen and oxygen atoms in total. The van der Waals surface area contributed by atoms with E-state index in [-0.39, 0.29) is 11.8 Å². The number of nitrogens with one attached hydrogen (secondary N) is 1. The van der Waals surface area contributed by atoms with E-state index in [2.05, 4.69) is 22.2 Å². The molecule has 1 heterocycles. The summed E-state index contributed by atoms with van der Waals surface area (Å²) in [5.41, 5.74) is 6.00. The third-order valence-corrected chi connectivity index (χ3v) is 6.62. The number of piperazine rings is 1. The fraction of sp³-hybridized carbons (Fsp3) is 0.310. The Kier molecular flexibility index (Phi) is 7.60. The smallest absolute Gasteiger partial charge is 0.255 e. The second-order valence-electron chi connectivity index (χ2n) is 9.44. The van der Waals surface area contributed by atoms with Crippen LogP contribution in [0.1, 0.15) is 26.3 Å². The number of carbonyl (C=O) groups is 2. The van der Waals surface area contributed by atoms with Gasteiger partial charge in [0.1, 0.15) is 5.75 Å². The van der Waals surface area contributed by atoms with E-state index in [4.69, 9.17) is 4.74 Å². The molecule has 2 amide bonds. The van der Waals surface area contributed by atoms with Crippen LogP contribution in [0, 0.1) is 6.92 Å². The van der Waals surface area contributed by atoms with Gasteiger partial charge >= 0.3 is 0 Å². The molecule has 1 fully saturated rings. The van der Waals surface area contributed by atoms with Gasteiger partial charge in [-0.2, -0.15) is 0 Å². The number of hydrogen-bond donors (Lipinski definition) is 1. The molecule has 0 saturated carbocycles. The van der Waals surface area contributed by atoms with Gasteiger partial charge < -0.3 is 24.8 Å². The predicted octanol–water partition coefficient (Wildman–Crippen LogP) is 4.38. The van der Waals surface area contributed by atoms with Crippen molar-refractivity contribution in [3.05, 3.63) is 77.4 Å². The quantitative estimate of drug-likeness (QED) is 0.560. The Bertz CT molecular complexity index is 1250. The van der Waals surface area contributed by atoms with Crippen molar-refractivity contribution in [2.75, 3.05) is 64.6 Å². The van der Waals surface area contributed by atoms with Gasteiger partial charge in [0.05, 0.1) is 12.8 Å². The number of anilines is 2. The fourth-order valence-corrected chi connectivity index (χ4v) is 4.45. The van der Waals surface area contributed by atoms with Crippen LogP contribution in [0.25, 0.3) is 11.1 Å². The zero-order valence-corrected chi connectivity index (χ0v) is 21.7. The van der Waals surface area contributed by atoms with Gasteiger partial charge in [-0.05, 0) is 73.1 Å². The number of likely N-dealkylation sites (N-methyl/N-ethyl adjacent to an activating group) is 1. The van der Waals surface area contributed by atoms with E-state index in [0.29, 0.717) is 11.1 Å². The number of methoxy groups -OCH3 is 1. The molecular formula is C29H34N4O3. The molecule has 1 saturated heterocycles. The van der Waals surface area contributed by atoms with Gasteiger partial charge in [0.25, 0.3) is 11.8 Å². The number of carbonyl (C=O) groups excluding carboxylic acids is 2. The lowest BCUT2D eigenvalue weighted by molar-refractivity contribution is 0.0827. The molecule has 1 aliphatic rings. The van der Waals surface area contributed by atoms with Crippen LogP contribution >= 0.6 is 0 Å². The lowest BCUT2D eigenvalue weighted by Crippen LogP contribution is -2.44. The Morgan fingerprint density at radius 1 is 0.889 bits per heavy atom. The van der Waals surface area contributed by atoms with Crippen LogP contribution in [0.4, 0.5) is 11.4 Å². The Hall–Kier alpha value is -3.84. The molecule has 1 aliphatic heterocycles. The van der Waals surface area contributed by atoms with E-state index in [1.807, 2.05) is 67.6 Å². The topological polar surface area (TPSA) is 65.1 Å². The second-order valence-corrected chi connectivity index (χ2v) is 9.44. The number of hydrogen-bond acceptors (Lipinski definition) is 5. The van der Waals surface area contributed by atoms with E-state index >= 15 is 0 Å². The van der Waals surface area contributed by atoms with Gasteiger partial charge in [-0.3, -0.25) is 9.59 Å². The van der Waals surface area contributed by atoms with Crippen LogP contribution < -0.4 is 15.0 Å². The van der Waals surface area contributed by atoms with Gasteiger partial charge in [-0.15, -0.1) is 0 Å². The van der Waals surface area contributed by atoms with Crippen LogP contribution in [-0.2, 0) is 0 Å². The average Bonchev–Trinajstić information content (AvgIpc) is 2.88. The molecule has 188 valence electrons. The van der Waals surface area contributed by atoms with Crippen molar-refractivity contribution in [1.29, 1.82) is 0 Å². The molecular weight excluding hydrogens is 452 g/mol. The van der Waals surface area contributed by atoms with Crippen LogP contribution in [0.3, 0.4) is 0 Å². The monoisotopic (exact) mass is 486 g/mol. The first-order chi connectivity index (χ1) is 17.3. The SMILES string of the molecule is COc1ccc(NC(=O)c2ccc(-c3ccc(C(=O)N(C)C)cc3C)cc2)cc1N1CCN(C)CC1. The normalized spacial score (nSPS) is 13.9. The van der Waals surface area contributed by atoms with Crippen molar-refractivity contribution in [3.8, 4) is 16.9 Å². The van der Waals surface area contributed by atoms with E-state index in [9.17, 15) is 9.59 Å². The summed E-state index contributed by atoms with van der Waals surface area (Å²) in [5, 5.41) is 3.03. The summed E-state index contributed by atoms with van der Waals surface area (Å²) in [5.74, 6) is 0.612. The molecule has 0 atom stereocenters. The molecule has 0 aromatic heterocycles. The molecule has 0 bridgehead atoms. The van der Waals surface area contributed by atoms with Crippen molar-refractivity contribution in [1.82, 2.24) is 9.80 Å². The first kappa shape index (κ1) is 25.3. The number of rotatable bonds is 6. The van der Waals surface area contributed by atoms with Crippen molar-refractivity contribution in [2.24, 2.45) is 0 Å². The summed E-state index contributed by atoms with van der Waals surface area (Å²) in [4.78, 5) is 31.4. The number of aryl methyl sites for hydroxylation is 1. The van der Waals surface area contributed by atoms with Gasteiger partial charge in [0.15, 0.2) is 0 Å². The Labute approximate surface area is 213 Å². The Morgan fingerprint density at radius 3 is 2.17 bits per heavy atom. The van der Waals surface area contributed by atoms with Crippen LogP contribution in [0.2, 0.25) is 0 Å². The predicted molar refractivity (Wildman–Crippen MR) is 145 cm³/mol. The maximum absolute atomic E-state index is 13.0. The summed E-state index contributed by atoms with van der Waals surface area (Å²) >= 11 is 0. The van der Waals surface area contributed by atoms with Crippen molar-refractivity contribution >= 4 is 23.2 Å². The molecule has 0 radical (unpaired) electrons. The number of amides is 2. The van der Waals surface area contributed by atoms with E-state index in [1.54, 1.807) is 26.1 Å². The maximum atomic E-state index is 13.0. The van der Waals surface area contributed by atoms with E-state index in [1.165, 1.54) is 0 Å². The summed E-state index contributed by atoms with van der Waals surface area (Å²) in [7, 11) is 7.28. The van der Waals surface area contributed by atoms with Crippen LogP contribution in [0.5, 0.6) is 5.75 Å². The summed E-state index contributed by atoms with van der Waals surface area (Å²) in [6.45, 7) is 5.79. The van der Waals surface area contributed by atoms with Crippen LogP contribution in [-0.4, -0.2) is 76.0 Å². The van der Waals surface area contributed by atoms with Crippen molar-refractivity contribution in [3.63, 3.8) is 0 Å². The lowest BCUT2D eigenvalue weighted by Gasteiger charge is -2.34. The molecule has 7 heteroatoms. The molecule has 0 aliphatic carbocycles. The standard InChI is InChI=1S/C29H34N4O3/c1-20-18-23(29(35)31(2)3)10-12-25(20)21-6-8-22(9-7-21)28(34)30-24-11-13-27(36-5)26(19-24)33-16-14-32(4)15-17-33/h6-13,18-19H,14-17H2,1-5H3,(H,30,34). The zero-order valence-electron chi connectivity index (χ0n) is 21.7. The third kappa shape index (κ3) is 5.52. The van der Waals surface area contributed by atoms with Gasteiger partial charge in [-0.1, -0.05) is 18.2 Å². The molecule has 1 N–H and O–H groups in total. The molecule has 4 rings (SSSR count). The highest BCUT2D eigenvalue weighted by Gasteiger charge is 2.19. The maximum Gasteiger partial charge on any atom is 0.255 e. The first-order valence-corrected chi connectivity index (χ1v) is 12.1. The second kappa shape index (κ2) is 10.8. The zero-order chi connectivity index (χ0) is 25.8. The minimum atomic E-state index is -0.167. The van der Waals surface area contributed by atoms with Gasteiger partial charge in [0.2, 0.25) is 0 Å². The molecule has 0 spiro atoms. The average molecular weight is 487 g/mol. The minimum absolute atomic E-state index is 0.0222. The minimum Gasteiger partial charge on any atom is -0.495 e. The van der Waals surface area contributed by atoms with E-state index < -0.39 is 0 Å². The third-order valence-electron chi connectivity index (χ3n) is 6.62. The largest absolute Gasteiger partial charge is 0.495 e. The highest BCUT2D eigenvalue weighted by Crippen LogP contribution is 2.32. The highest BCUT2D eigenvalue weighted by atomic mass is 16.5. The summed E-state index contributed by atoms with van der Waals surface area (Å²) in [6, 6.07) is 19.0. The molecule has 3 aromatic carbocycles. The van der Waals surface area contributed by atoms with Gasteiger partial charge in [-0.25, -0.2) is 0 Å². The number of nitrogens with zero attached hydrogens (tertiary/aromatic N) is 3. The molecule has 0 unspecified atom stereocenters. The Morgan fingerprint density at radius 2 is 1.56 bits per heavy atom. The number of benzene rings is 3. The van der Waals surface area contributed by atoms with Crippen LogP contribution in [0.15, 0.2) is 60.7 Å². The van der Waals surface area contributed by atoms with E-state index in [0.717, 1.165) is 60.0 Å². The fourth-order valence-electron chi connectivity index (χ4n) is 4.45.